The van der Waals surface area contributed by atoms with Crippen LogP contribution in [0.25, 0.3) is 0 Å². The lowest BCUT2D eigenvalue weighted by Crippen LogP contribution is -2.57. The Morgan fingerprint density at radius 3 is 2.34 bits per heavy atom. The number of Topliss-reactive ketones (excluding diaryl/α,β-unsaturated/α-hetero) is 1. The van der Waals surface area contributed by atoms with Crippen LogP contribution >= 0.6 is 23.2 Å². The number of halogens is 2. The van der Waals surface area contributed by atoms with E-state index < -0.39 is 11.6 Å². The van der Waals surface area contributed by atoms with E-state index in [4.69, 9.17) is 28.9 Å². The van der Waals surface area contributed by atoms with Crippen LogP contribution in [-0.2, 0) is 11.3 Å². The van der Waals surface area contributed by atoms with Gasteiger partial charge in [-0.2, -0.15) is 0 Å². The first-order valence-electron chi connectivity index (χ1n) is 12.0. The Bertz CT molecular complexity index is 1260. The number of aryl methyl sites for hydroxylation is 1. The molecule has 2 atom stereocenters. The lowest BCUT2D eigenvalue weighted by atomic mass is 9.81. The summed E-state index contributed by atoms with van der Waals surface area (Å²) in [5.74, 6) is 0.106. The predicted octanol–water partition coefficient (Wildman–Crippen LogP) is 3.84. The van der Waals surface area contributed by atoms with Crippen LogP contribution in [0.3, 0.4) is 0 Å². The third kappa shape index (κ3) is 4.10. The van der Waals surface area contributed by atoms with E-state index in [0.29, 0.717) is 44.0 Å². The molecular weight excluding hydrogens is 485 g/mol. The van der Waals surface area contributed by atoms with Gasteiger partial charge in [-0.15, -0.1) is 0 Å². The van der Waals surface area contributed by atoms with Crippen molar-refractivity contribution in [3.05, 3.63) is 86.3 Å². The molecule has 9 heteroatoms. The molecule has 1 aromatic heterocycles. The summed E-state index contributed by atoms with van der Waals surface area (Å²) in [4.78, 5) is 30.4. The van der Waals surface area contributed by atoms with Gasteiger partial charge in [-0.3, -0.25) is 24.3 Å². The molecule has 0 saturated carbocycles. The molecule has 2 saturated heterocycles. The number of rotatable bonds is 5. The van der Waals surface area contributed by atoms with Crippen LogP contribution < -0.4 is 16.2 Å². The van der Waals surface area contributed by atoms with Crippen LogP contribution in [0.2, 0.25) is 10.0 Å². The number of nitrogens with two attached hydrogens (primary N) is 1. The Kier molecular flexibility index (Phi) is 6.53. The lowest BCUT2D eigenvalue weighted by Gasteiger charge is -2.46. The number of para-hydroxylation sites is 1. The number of benzene rings is 2. The highest BCUT2D eigenvalue weighted by Crippen LogP contribution is 2.42. The van der Waals surface area contributed by atoms with Crippen molar-refractivity contribution in [3.8, 4) is 0 Å². The average molecular weight is 514 g/mol. The summed E-state index contributed by atoms with van der Waals surface area (Å²) >= 11 is 12.7. The maximum absolute atomic E-state index is 13.4. The van der Waals surface area contributed by atoms with Crippen molar-refractivity contribution in [1.82, 2.24) is 14.7 Å². The molecule has 0 bridgehead atoms. The Morgan fingerprint density at radius 2 is 1.71 bits per heavy atom. The minimum Gasteiger partial charge on any atom is -0.357 e. The molecule has 3 aromatic rings. The zero-order chi connectivity index (χ0) is 24.7. The van der Waals surface area contributed by atoms with Gasteiger partial charge in [-0.25, -0.2) is 0 Å². The van der Waals surface area contributed by atoms with Crippen molar-refractivity contribution in [1.29, 1.82) is 0 Å². The molecule has 2 aliphatic heterocycles. The monoisotopic (exact) mass is 513 g/mol. The average Bonchev–Trinajstić information content (AvgIpc) is 3.30. The van der Waals surface area contributed by atoms with Gasteiger partial charge in [0.05, 0.1) is 17.8 Å². The van der Waals surface area contributed by atoms with Crippen molar-refractivity contribution in [2.45, 2.75) is 43.9 Å². The molecule has 184 valence electrons. The van der Waals surface area contributed by atoms with Crippen molar-refractivity contribution in [2.75, 3.05) is 24.5 Å². The molecule has 35 heavy (non-hydrogen) atoms. The smallest absolute Gasteiger partial charge is 0.283 e. The number of nitrogens with zero attached hydrogens (tertiary/aromatic N) is 3. The molecule has 0 aliphatic carbocycles. The van der Waals surface area contributed by atoms with Gasteiger partial charge >= 0.3 is 0 Å². The number of H-pyrrole nitrogens is 1. The van der Waals surface area contributed by atoms with E-state index in [-0.39, 0.29) is 22.4 Å². The topological polar surface area (TPSA) is 87.4 Å². The van der Waals surface area contributed by atoms with Crippen molar-refractivity contribution in [2.24, 2.45) is 5.73 Å². The maximum Gasteiger partial charge on any atom is 0.283 e. The van der Waals surface area contributed by atoms with E-state index in [2.05, 4.69) is 14.9 Å². The fourth-order valence-corrected chi connectivity index (χ4v) is 6.11. The summed E-state index contributed by atoms with van der Waals surface area (Å²) in [7, 11) is 0. The van der Waals surface area contributed by atoms with Gasteiger partial charge in [-0.1, -0.05) is 53.5 Å². The Morgan fingerprint density at radius 1 is 1.06 bits per heavy atom. The summed E-state index contributed by atoms with van der Waals surface area (Å²) in [6, 6.07) is 16.9. The van der Waals surface area contributed by atoms with Gasteiger partial charge in [0.25, 0.3) is 5.56 Å². The largest absolute Gasteiger partial charge is 0.357 e. The summed E-state index contributed by atoms with van der Waals surface area (Å²) in [6.45, 7) is 4.36. The predicted molar refractivity (Wildman–Crippen MR) is 139 cm³/mol. The van der Waals surface area contributed by atoms with Gasteiger partial charge in [0, 0.05) is 36.9 Å². The number of hydrogen-bond acceptors (Lipinski definition) is 5. The van der Waals surface area contributed by atoms with Gasteiger partial charge in [0.1, 0.15) is 10.6 Å². The Balaban J connectivity index is 1.51. The summed E-state index contributed by atoms with van der Waals surface area (Å²) in [5, 5.41) is 3.68. The quantitative estimate of drug-likeness (QED) is 0.541. The van der Waals surface area contributed by atoms with Crippen LogP contribution in [0.15, 0.2) is 59.4 Å². The number of carbonyl (C=O) groups is 1. The highest BCUT2D eigenvalue weighted by atomic mass is 35.5. The molecule has 2 aliphatic rings. The number of nitrogens with one attached hydrogen (secondary N) is 1. The molecule has 7 nitrogen and oxygen atoms in total. The molecule has 0 amide bonds. The van der Waals surface area contributed by atoms with E-state index >= 15 is 0 Å². The second-order valence-corrected chi connectivity index (χ2v) is 10.1. The fourth-order valence-electron chi connectivity index (χ4n) is 5.73. The zero-order valence-electron chi connectivity index (χ0n) is 19.6. The van der Waals surface area contributed by atoms with E-state index in [1.54, 1.807) is 4.68 Å². The SMILES string of the molecule is CCn1[nH]c(=O)c(Cl)c1C(c1ccc(Cl)cc1)N1CCC2(CC1)C(=O)C(N)CN2c1ccccc1. The minimum atomic E-state index is -0.631. The number of anilines is 1. The lowest BCUT2D eigenvalue weighted by molar-refractivity contribution is -0.124. The van der Waals surface area contributed by atoms with Crippen LogP contribution in [-0.4, -0.2) is 51.7 Å². The summed E-state index contributed by atoms with van der Waals surface area (Å²) in [6.07, 6.45) is 1.27. The first-order chi connectivity index (χ1) is 16.9. The Hall–Kier alpha value is -2.58. The molecule has 3 heterocycles. The highest BCUT2D eigenvalue weighted by Gasteiger charge is 2.54. The summed E-state index contributed by atoms with van der Waals surface area (Å²) < 4.78 is 1.81. The van der Waals surface area contributed by atoms with Crippen LogP contribution in [0.4, 0.5) is 5.69 Å². The first kappa shape index (κ1) is 24.1. The number of likely N-dealkylation sites (tertiary alicyclic amines) is 1. The summed E-state index contributed by atoms with van der Waals surface area (Å²) in [5.41, 5.74) is 8.09. The van der Waals surface area contributed by atoms with E-state index in [0.717, 1.165) is 16.9 Å². The van der Waals surface area contributed by atoms with Crippen molar-refractivity contribution >= 4 is 34.7 Å². The van der Waals surface area contributed by atoms with Crippen LogP contribution in [0.5, 0.6) is 0 Å². The molecular formula is C26H29Cl2N5O2. The Labute approximate surface area is 214 Å². The number of piperidine rings is 1. The second kappa shape index (κ2) is 9.47. The third-order valence-electron chi connectivity index (χ3n) is 7.46. The van der Waals surface area contributed by atoms with Gasteiger partial charge < -0.3 is 10.6 Å². The van der Waals surface area contributed by atoms with Crippen molar-refractivity contribution in [3.63, 3.8) is 0 Å². The molecule has 5 rings (SSSR count). The molecule has 3 N–H and O–H groups in total. The van der Waals surface area contributed by atoms with Gasteiger partial charge in [-0.05, 0) is 49.6 Å². The zero-order valence-corrected chi connectivity index (χ0v) is 21.1. The minimum absolute atomic E-state index is 0.106. The second-order valence-electron chi connectivity index (χ2n) is 9.32. The van der Waals surface area contributed by atoms with E-state index in [1.807, 2.05) is 61.5 Å². The molecule has 2 aromatic carbocycles. The maximum atomic E-state index is 13.4. The standard InChI is InChI=1S/C26H29Cl2N5O2/c1-2-33-23(21(28)25(35)30-33)22(17-8-10-18(27)11-9-17)31-14-12-26(13-15-31)24(34)20(29)16-32(26)19-6-4-3-5-7-19/h3-11,20,22H,2,12-16,29H2,1H3,(H,30,35). The fraction of sp³-hybridized carbons (Fsp3) is 0.385. The van der Waals surface area contributed by atoms with Crippen LogP contribution in [0, 0.1) is 0 Å². The molecule has 2 unspecified atom stereocenters. The highest BCUT2D eigenvalue weighted by molar-refractivity contribution is 6.31. The van der Waals surface area contributed by atoms with Gasteiger partial charge in [0.15, 0.2) is 5.78 Å². The molecule has 2 fully saturated rings. The number of aromatic nitrogens is 2. The van der Waals surface area contributed by atoms with Gasteiger partial charge in [0.2, 0.25) is 0 Å². The van der Waals surface area contributed by atoms with Crippen LogP contribution in [0.1, 0.15) is 37.1 Å². The molecule has 1 spiro atoms. The molecule has 0 radical (unpaired) electrons. The number of hydrogen-bond donors (Lipinski definition) is 2. The first-order valence-corrected chi connectivity index (χ1v) is 12.7. The van der Waals surface area contributed by atoms with E-state index in [9.17, 15) is 9.59 Å². The third-order valence-corrected chi connectivity index (χ3v) is 8.08. The van der Waals surface area contributed by atoms with Crippen molar-refractivity contribution < 1.29 is 4.79 Å². The number of carbonyl (C=O) groups excluding carboxylic acids is 1. The normalized spacial score (nSPS) is 21.1. The number of ketones is 1. The van der Waals surface area contributed by atoms with E-state index in [1.165, 1.54) is 0 Å². The number of aromatic amines is 1.